The van der Waals surface area contributed by atoms with Gasteiger partial charge in [-0.1, -0.05) is 15.9 Å². The lowest BCUT2D eigenvalue weighted by atomic mass is 9.96. The van der Waals surface area contributed by atoms with Crippen LogP contribution in [0.4, 0.5) is 0 Å². The van der Waals surface area contributed by atoms with Crippen LogP contribution in [0.5, 0.6) is 0 Å². The molecule has 0 aliphatic carbocycles. The lowest BCUT2D eigenvalue weighted by Crippen LogP contribution is -2.48. The second kappa shape index (κ2) is 4.30. The van der Waals surface area contributed by atoms with Crippen LogP contribution in [0.3, 0.4) is 0 Å². The highest BCUT2D eigenvalue weighted by atomic mass is 79.9. The summed E-state index contributed by atoms with van der Waals surface area (Å²) in [6.45, 7) is 3.45. The lowest BCUT2D eigenvalue weighted by molar-refractivity contribution is -0.130. The van der Waals surface area contributed by atoms with Crippen molar-refractivity contribution in [3.05, 3.63) is 0 Å². The highest BCUT2D eigenvalue weighted by Gasteiger charge is 2.39. The smallest absolute Gasteiger partial charge is 0.236 e. The minimum absolute atomic E-state index is 0.0918. The van der Waals surface area contributed by atoms with Crippen LogP contribution in [0.1, 0.15) is 32.1 Å². The first-order chi connectivity index (χ1) is 7.75. The fraction of sp³-hybridized carbons (Fsp3) is 0.917. The van der Waals surface area contributed by atoms with E-state index in [2.05, 4.69) is 25.7 Å². The quantitative estimate of drug-likeness (QED) is 0.684. The third-order valence-corrected chi connectivity index (χ3v) is 5.26. The summed E-state index contributed by atoms with van der Waals surface area (Å²) in [4.78, 5) is 16.8. The van der Waals surface area contributed by atoms with Crippen LogP contribution < -0.4 is 0 Å². The van der Waals surface area contributed by atoms with Crippen molar-refractivity contribution in [2.24, 2.45) is 0 Å². The molecule has 3 aliphatic heterocycles. The Kier molecular flexibility index (Phi) is 2.96. The Labute approximate surface area is 105 Å². The number of hydrogen-bond acceptors (Lipinski definition) is 2. The maximum Gasteiger partial charge on any atom is 0.236 e. The first-order valence-electron chi connectivity index (χ1n) is 6.44. The molecule has 90 valence electrons. The maximum atomic E-state index is 12.0. The number of rotatable bonds is 1. The van der Waals surface area contributed by atoms with E-state index in [4.69, 9.17) is 0 Å². The van der Waals surface area contributed by atoms with Crippen molar-refractivity contribution in [3.8, 4) is 0 Å². The van der Waals surface area contributed by atoms with Gasteiger partial charge in [0.2, 0.25) is 5.91 Å². The monoisotopic (exact) mass is 286 g/mol. The topological polar surface area (TPSA) is 23.6 Å². The van der Waals surface area contributed by atoms with Crippen LogP contribution >= 0.6 is 15.9 Å². The number of alkyl halides is 1. The minimum Gasteiger partial charge on any atom is -0.339 e. The van der Waals surface area contributed by atoms with Crippen LogP contribution in [0.25, 0.3) is 0 Å². The van der Waals surface area contributed by atoms with Gasteiger partial charge < -0.3 is 9.80 Å². The molecule has 0 aromatic rings. The number of piperidine rings is 1. The molecule has 0 aromatic heterocycles. The molecule has 3 atom stereocenters. The summed E-state index contributed by atoms with van der Waals surface area (Å²) in [5, 5.41) is 0. The Hall–Kier alpha value is -0.0900. The van der Waals surface area contributed by atoms with Crippen LogP contribution in [0, 0.1) is 0 Å². The van der Waals surface area contributed by atoms with Crippen molar-refractivity contribution in [3.63, 3.8) is 0 Å². The van der Waals surface area contributed by atoms with Gasteiger partial charge in [-0.3, -0.25) is 4.79 Å². The van der Waals surface area contributed by atoms with Gasteiger partial charge in [-0.2, -0.15) is 0 Å². The molecular formula is C12H19BrN2O. The number of nitrogens with zero attached hydrogens (tertiary/aromatic N) is 2. The summed E-state index contributed by atoms with van der Waals surface area (Å²) in [5.41, 5.74) is 0. The van der Waals surface area contributed by atoms with E-state index in [1.54, 1.807) is 0 Å². The molecule has 3 heterocycles. The Bertz CT molecular complexity index is 297. The van der Waals surface area contributed by atoms with Crippen molar-refractivity contribution in [1.82, 2.24) is 9.80 Å². The first kappa shape index (κ1) is 11.0. The number of hydrogen-bond donors (Lipinski definition) is 0. The number of fused-ring (bicyclic) bond motifs is 1. The van der Waals surface area contributed by atoms with E-state index in [-0.39, 0.29) is 4.83 Å². The third-order valence-electron chi connectivity index (χ3n) is 4.41. The van der Waals surface area contributed by atoms with E-state index in [0.29, 0.717) is 11.9 Å². The highest BCUT2D eigenvalue weighted by Crippen LogP contribution is 2.32. The zero-order chi connectivity index (χ0) is 11.1. The van der Waals surface area contributed by atoms with Crippen LogP contribution in [0.2, 0.25) is 0 Å². The zero-order valence-electron chi connectivity index (χ0n) is 9.57. The third kappa shape index (κ3) is 1.80. The zero-order valence-corrected chi connectivity index (χ0v) is 11.2. The Morgan fingerprint density at radius 2 is 1.94 bits per heavy atom. The average Bonchev–Trinajstić information content (AvgIpc) is 2.86. The predicted molar refractivity (Wildman–Crippen MR) is 66.7 cm³/mol. The fourth-order valence-electron chi connectivity index (χ4n) is 3.51. The number of carbonyl (C=O) groups is 1. The van der Waals surface area contributed by atoms with Crippen molar-refractivity contribution in [2.45, 2.75) is 49.0 Å². The largest absolute Gasteiger partial charge is 0.339 e. The van der Waals surface area contributed by atoms with E-state index in [9.17, 15) is 4.79 Å². The summed E-state index contributed by atoms with van der Waals surface area (Å²) in [7, 11) is 0. The molecule has 3 unspecified atom stereocenters. The number of amides is 1. The molecule has 0 bridgehead atoms. The molecule has 3 nitrogen and oxygen atoms in total. The molecule has 3 saturated heterocycles. The first-order valence-corrected chi connectivity index (χ1v) is 7.36. The second-order valence-electron chi connectivity index (χ2n) is 5.30. The molecule has 3 fully saturated rings. The van der Waals surface area contributed by atoms with E-state index < -0.39 is 0 Å². The van der Waals surface area contributed by atoms with Crippen LogP contribution in [-0.4, -0.2) is 52.3 Å². The van der Waals surface area contributed by atoms with Gasteiger partial charge in [0.15, 0.2) is 0 Å². The van der Waals surface area contributed by atoms with E-state index in [1.807, 2.05) is 0 Å². The summed E-state index contributed by atoms with van der Waals surface area (Å²) in [6, 6.07) is 1.29. The summed E-state index contributed by atoms with van der Waals surface area (Å²) >= 11 is 3.47. The Morgan fingerprint density at radius 3 is 2.69 bits per heavy atom. The van der Waals surface area contributed by atoms with Gasteiger partial charge in [-0.25, -0.2) is 0 Å². The molecule has 0 spiro atoms. The molecule has 16 heavy (non-hydrogen) atoms. The van der Waals surface area contributed by atoms with Crippen molar-refractivity contribution >= 4 is 21.8 Å². The van der Waals surface area contributed by atoms with Crippen molar-refractivity contribution in [2.75, 3.05) is 19.6 Å². The molecule has 3 rings (SSSR count). The number of halogens is 1. The number of likely N-dealkylation sites (tertiary alicyclic amines) is 1. The molecule has 0 aromatic carbocycles. The molecule has 1 amide bonds. The van der Waals surface area contributed by atoms with Gasteiger partial charge in [0.1, 0.15) is 0 Å². The van der Waals surface area contributed by atoms with Gasteiger partial charge in [-0.05, 0) is 38.6 Å². The van der Waals surface area contributed by atoms with Crippen molar-refractivity contribution in [1.29, 1.82) is 0 Å². The van der Waals surface area contributed by atoms with Gasteiger partial charge in [0.05, 0.1) is 4.83 Å². The maximum absolute atomic E-state index is 12.0. The average molecular weight is 287 g/mol. The normalized spacial score (nSPS) is 40.4. The van der Waals surface area contributed by atoms with E-state index >= 15 is 0 Å². The van der Waals surface area contributed by atoms with Gasteiger partial charge >= 0.3 is 0 Å². The molecule has 3 aliphatic rings. The standard InChI is InChI=1S/C12H19BrN2O/c13-11-4-7-15(12(11)16)10-3-6-14-5-1-2-9(14)8-10/h9-11H,1-8H2. The Morgan fingerprint density at radius 1 is 1.06 bits per heavy atom. The van der Waals surface area contributed by atoms with Crippen LogP contribution in [-0.2, 0) is 4.79 Å². The van der Waals surface area contributed by atoms with E-state index in [0.717, 1.165) is 19.0 Å². The van der Waals surface area contributed by atoms with Crippen molar-refractivity contribution < 1.29 is 4.79 Å². The lowest BCUT2D eigenvalue weighted by Gasteiger charge is -2.39. The molecule has 0 radical (unpaired) electrons. The van der Waals surface area contributed by atoms with Crippen LogP contribution in [0.15, 0.2) is 0 Å². The molecule has 0 saturated carbocycles. The predicted octanol–water partition coefficient (Wildman–Crippen LogP) is 1.61. The highest BCUT2D eigenvalue weighted by molar-refractivity contribution is 9.10. The molecule has 4 heteroatoms. The van der Waals surface area contributed by atoms with Gasteiger partial charge in [0.25, 0.3) is 0 Å². The summed E-state index contributed by atoms with van der Waals surface area (Å²) in [6.07, 6.45) is 6.08. The summed E-state index contributed by atoms with van der Waals surface area (Å²) in [5.74, 6) is 0.330. The molecular weight excluding hydrogens is 268 g/mol. The van der Waals surface area contributed by atoms with Gasteiger partial charge in [0, 0.05) is 25.2 Å². The Balaban J connectivity index is 1.66. The summed E-state index contributed by atoms with van der Waals surface area (Å²) < 4.78 is 0. The van der Waals surface area contributed by atoms with Gasteiger partial charge in [-0.15, -0.1) is 0 Å². The van der Waals surface area contributed by atoms with E-state index in [1.165, 1.54) is 38.8 Å². The minimum atomic E-state index is 0.0918. The second-order valence-corrected chi connectivity index (χ2v) is 6.40. The molecule has 0 N–H and O–H groups in total. The fourth-order valence-corrected chi connectivity index (χ4v) is 3.98. The number of carbonyl (C=O) groups excluding carboxylic acids is 1. The SMILES string of the molecule is O=C1C(Br)CCN1C1CCN2CCCC2C1.